The van der Waals surface area contributed by atoms with E-state index in [1.165, 1.54) is 0 Å². The Kier molecular flexibility index (Phi) is 8.55. The fourth-order valence-electron chi connectivity index (χ4n) is 3.09. The Morgan fingerprint density at radius 3 is 1.87 bits per heavy atom. The largest absolute Gasteiger partial charge is 0.358 e. The predicted octanol–water partition coefficient (Wildman–Crippen LogP) is 0.822. The number of likely N-dealkylation sites (N-methyl/N-ethyl adjacent to an activating group) is 3. The van der Waals surface area contributed by atoms with Crippen molar-refractivity contribution in [1.29, 1.82) is 0 Å². The van der Waals surface area contributed by atoms with Crippen LogP contribution in [0.1, 0.15) is 46.0 Å². The number of carbonyl (C=O) groups excluding carboxylic acids is 2. The molecule has 0 aromatic heterocycles. The SMILES string of the molecule is CC[C@H](C)NC(=O)[C@@H]1CCCN1C.CNC(=O)[C@@H]1CCCN1C. The Morgan fingerprint density at radius 2 is 1.52 bits per heavy atom. The van der Waals surface area contributed by atoms with Crippen LogP contribution in [0.15, 0.2) is 0 Å². The summed E-state index contributed by atoms with van der Waals surface area (Å²) in [6.07, 6.45) is 5.32. The zero-order valence-corrected chi connectivity index (χ0v) is 15.4. The van der Waals surface area contributed by atoms with Crippen molar-refractivity contribution in [2.24, 2.45) is 0 Å². The minimum Gasteiger partial charge on any atom is -0.358 e. The van der Waals surface area contributed by atoms with Gasteiger partial charge < -0.3 is 10.6 Å². The molecule has 0 unspecified atom stereocenters. The van der Waals surface area contributed by atoms with Gasteiger partial charge in [0.05, 0.1) is 12.1 Å². The molecule has 0 saturated carbocycles. The molecule has 6 heteroatoms. The number of nitrogens with one attached hydrogen (secondary N) is 2. The monoisotopic (exact) mass is 326 g/mol. The van der Waals surface area contributed by atoms with Gasteiger partial charge >= 0.3 is 0 Å². The molecule has 6 nitrogen and oxygen atoms in total. The first-order valence-electron chi connectivity index (χ1n) is 8.83. The van der Waals surface area contributed by atoms with Gasteiger partial charge in [-0.05, 0) is 66.2 Å². The second kappa shape index (κ2) is 9.88. The first-order valence-corrected chi connectivity index (χ1v) is 8.83. The Hall–Kier alpha value is -1.14. The fourth-order valence-corrected chi connectivity index (χ4v) is 3.09. The summed E-state index contributed by atoms with van der Waals surface area (Å²) in [4.78, 5) is 27.0. The van der Waals surface area contributed by atoms with Gasteiger partial charge in [-0.15, -0.1) is 0 Å². The van der Waals surface area contributed by atoms with Crippen molar-refractivity contribution in [1.82, 2.24) is 20.4 Å². The van der Waals surface area contributed by atoms with E-state index in [1.54, 1.807) is 7.05 Å². The van der Waals surface area contributed by atoms with Gasteiger partial charge in [-0.1, -0.05) is 6.92 Å². The fraction of sp³-hybridized carbons (Fsp3) is 0.882. The highest BCUT2D eigenvalue weighted by atomic mass is 16.2. The molecule has 23 heavy (non-hydrogen) atoms. The molecule has 0 aromatic rings. The van der Waals surface area contributed by atoms with Crippen LogP contribution < -0.4 is 10.6 Å². The normalized spacial score (nSPS) is 26.3. The third-order valence-corrected chi connectivity index (χ3v) is 4.89. The Balaban J connectivity index is 0.000000238. The Bertz CT molecular complexity index is 389. The lowest BCUT2D eigenvalue weighted by Gasteiger charge is -2.21. The highest BCUT2D eigenvalue weighted by Gasteiger charge is 2.28. The lowest BCUT2D eigenvalue weighted by molar-refractivity contribution is -0.126. The molecule has 2 amide bonds. The van der Waals surface area contributed by atoms with Crippen LogP contribution in [-0.4, -0.2) is 74.0 Å². The highest BCUT2D eigenvalue weighted by molar-refractivity contribution is 5.82. The average molecular weight is 326 g/mol. The van der Waals surface area contributed by atoms with Gasteiger partial charge in [0.2, 0.25) is 11.8 Å². The molecule has 2 fully saturated rings. The minimum absolute atomic E-state index is 0.119. The molecule has 0 aliphatic carbocycles. The van der Waals surface area contributed by atoms with Crippen LogP contribution in [0.25, 0.3) is 0 Å². The molecular weight excluding hydrogens is 292 g/mol. The first kappa shape index (κ1) is 19.9. The second-order valence-electron chi connectivity index (χ2n) is 6.71. The van der Waals surface area contributed by atoms with Gasteiger partial charge in [0.15, 0.2) is 0 Å². The van der Waals surface area contributed by atoms with Gasteiger partial charge in [0.25, 0.3) is 0 Å². The zero-order valence-electron chi connectivity index (χ0n) is 15.4. The summed E-state index contributed by atoms with van der Waals surface area (Å²) in [5, 5.41) is 5.68. The average Bonchev–Trinajstić information content (AvgIpc) is 3.15. The molecule has 3 atom stereocenters. The molecule has 0 bridgehead atoms. The van der Waals surface area contributed by atoms with E-state index in [0.717, 1.165) is 45.2 Å². The third kappa shape index (κ3) is 6.11. The zero-order chi connectivity index (χ0) is 17.4. The Labute approximate surface area is 141 Å². The van der Waals surface area contributed by atoms with Crippen LogP contribution in [-0.2, 0) is 9.59 Å². The molecule has 0 spiro atoms. The molecule has 134 valence electrons. The van der Waals surface area contributed by atoms with Crippen molar-refractivity contribution in [3.05, 3.63) is 0 Å². The van der Waals surface area contributed by atoms with Gasteiger partial charge in [-0.3, -0.25) is 19.4 Å². The van der Waals surface area contributed by atoms with Crippen LogP contribution in [0, 0.1) is 0 Å². The van der Waals surface area contributed by atoms with Crippen LogP contribution in [0.2, 0.25) is 0 Å². The summed E-state index contributed by atoms with van der Waals surface area (Å²) in [7, 11) is 5.70. The van der Waals surface area contributed by atoms with E-state index >= 15 is 0 Å². The molecule has 0 aromatic carbocycles. The van der Waals surface area contributed by atoms with E-state index < -0.39 is 0 Å². The predicted molar refractivity (Wildman–Crippen MR) is 93.3 cm³/mol. The smallest absolute Gasteiger partial charge is 0.237 e. The second-order valence-corrected chi connectivity index (χ2v) is 6.71. The van der Waals surface area contributed by atoms with Crippen LogP contribution in [0.3, 0.4) is 0 Å². The van der Waals surface area contributed by atoms with Gasteiger partial charge in [0, 0.05) is 13.1 Å². The standard InChI is InChI=1S/C10H20N2O.C7H14N2O/c1-4-8(2)11-10(13)9-6-5-7-12(9)3;1-8-7(10)6-4-3-5-9(6)2/h8-9H,4-7H2,1-3H3,(H,11,13);6H,3-5H2,1-2H3,(H,8,10)/t8-,9-;6-/m00/s1. The summed E-state index contributed by atoms with van der Waals surface area (Å²) in [6, 6.07) is 0.556. The van der Waals surface area contributed by atoms with E-state index in [-0.39, 0.29) is 23.9 Å². The minimum atomic E-state index is 0.119. The van der Waals surface area contributed by atoms with E-state index in [9.17, 15) is 9.59 Å². The maximum atomic E-state index is 11.7. The van der Waals surface area contributed by atoms with E-state index in [1.807, 2.05) is 21.0 Å². The Morgan fingerprint density at radius 1 is 1.04 bits per heavy atom. The molecule has 2 N–H and O–H groups in total. The number of rotatable bonds is 4. The number of likely N-dealkylation sites (tertiary alicyclic amines) is 2. The van der Waals surface area contributed by atoms with Gasteiger partial charge in [-0.2, -0.15) is 0 Å². The van der Waals surface area contributed by atoms with E-state index in [4.69, 9.17) is 0 Å². The van der Waals surface area contributed by atoms with Gasteiger partial charge in [-0.25, -0.2) is 0 Å². The van der Waals surface area contributed by atoms with Crippen LogP contribution in [0.5, 0.6) is 0 Å². The molecule has 2 aliphatic rings. The summed E-state index contributed by atoms with van der Waals surface area (Å²) in [5.74, 6) is 0.356. The molecule has 2 saturated heterocycles. The van der Waals surface area contributed by atoms with E-state index in [0.29, 0.717) is 6.04 Å². The van der Waals surface area contributed by atoms with Crippen molar-refractivity contribution in [2.75, 3.05) is 34.2 Å². The van der Waals surface area contributed by atoms with Crippen molar-refractivity contribution >= 4 is 11.8 Å². The summed E-state index contributed by atoms with van der Waals surface area (Å²) in [6.45, 7) is 6.24. The van der Waals surface area contributed by atoms with Crippen molar-refractivity contribution in [3.8, 4) is 0 Å². The highest BCUT2D eigenvalue weighted by Crippen LogP contribution is 2.15. The third-order valence-electron chi connectivity index (χ3n) is 4.89. The lowest BCUT2D eigenvalue weighted by Crippen LogP contribution is -2.44. The molecule has 0 radical (unpaired) electrons. The quantitative estimate of drug-likeness (QED) is 0.803. The lowest BCUT2D eigenvalue weighted by atomic mass is 10.2. The maximum Gasteiger partial charge on any atom is 0.237 e. The number of hydrogen-bond acceptors (Lipinski definition) is 4. The van der Waals surface area contributed by atoms with Crippen LogP contribution >= 0.6 is 0 Å². The number of hydrogen-bond donors (Lipinski definition) is 2. The summed E-state index contributed by atoms with van der Waals surface area (Å²) >= 11 is 0. The molecule has 2 rings (SSSR count). The molecule has 2 aliphatic heterocycles. The summed E-state index contributed by atoms with van der Waals surface area (Å²) < 4.78 is 0. The van der Waals surface area contributed by atoms with Crippen molar-refractivity contribution in [3.63, 3.8) is 0 Å². The number of nitrogens with zero attached hydrogens (tertiary/aromatic N) is 2. The first-order chi connectivity index (χ1) is 10.9. The van der Waals surface area contributed by atoms with E-state index in [2.05, 4.69) is 27.4 Å². The summed E-state index contributed by atoms with van der Waals surface area (Å²) in [5.41, 5.74) is 0. The van der Waals surface area contributed by atoms with Crippen molar-refractivity contribution in [2.45, 2.75) is 64.1 Å². The number of amides is 2. The number of carbonyl (C=O) groups is 2. The van der Waals surface area contributed by atoms with Crippen molar-refractivity contribution < 1.29 is 9.59 Å². The molecular formula is C17H34N4O2. The van der Waals surface area contributed by atoms with Gasteiger partial charge in [0.1, 0.15) is 0 Å². The maximum absolute atomic E-state index is 11.7. The molecule has 2 heterocycles. The van der Waals surface area contributed by atoms with Crippen LogP contribution in [0.4, 0.5) is 0 Å². The topological polar surface area (TPSA) is 64.7 Å².